The lowest BCUT2D eigenvalue weighted by Gasteiger charge is -2.23. The Kier molecular flexibility index (Phi) is 4.07. The van der Waals surface area contributed by atoms with Crippen LogP contribution in [0, 0.1) is 5.92 Å². The lowest BCUT2D eigenvalue weighted by molar-refractivity contribution is -0.133. The van der Waals surface area contributed by atoms with E-state index in [0.29, 0.717) is 12.8 Å². The quantitative estimate of drug-likeness (QED) is 0.807. The number of nitrogens with zero attached hydrogens (tertiary/aromatic N) is 1. The molecule has 1 aliphatic heterocycles. The summed E-state index contributed by atoms with van der Waals surface area (Å²) in [5.41, 5.74) is 0.970. The van der Waals surface area contributed by atoms with Gasteiger partial charge in [-0.05, 0) is 18.4 Å². The van der Waals surface area contributed by atoms with Gasteiger partial charge in [-0.15, -0.1) is 0 Å². The first kappa shape index (κ1) is 11.8. The van der Waals surface area contributed by atoms with Crippen molar-refractivity contribution in [3.05, 3.63) is 35.9 Å². The van der Waals surface area contributed by atoms with Gasteiger partial charge in [-0.2, -0.15) is 0 Å². The molecular formula is C17H23NO3. The molecular weight excluding hydrogens is 266 g/mol. The molecule has 0 bridgehead atoms. The molecule has 4 heteroatoms. The highest BCUT2D eigenvalue weighted by Gasteiger charge is 2.39. The molecule has 2 atom stereocenters. The van der Waals surface area contributed by atoms with Gasteiger partial charge in [0.1, 0.15) is 6.61 Å². The van der Waals surface area contributed by atoms with Gasteiger partial charge < -0.3 is 4.74 Å². The molecule has 1 heterocycles. The third-order valence-corrected chi connectivity index (χ3v) is 3.66. The number of rotatable bonds is 6. The van der Waals surface area contributed by atoms with Gasteiger partial charge in [-0.1, -0.05) is 56.9 Å². The standard InChI is InChI=1S/C17H23NO3/c1-3-4-8-13(2)16(19)18-15(12-21-17(18)20)11-14-9-6-5-7-10-14/h5-7,9-10,13,15H,3-4,8,11-12H2,1-2H3/t13-,15-/m0/s1/i2D3. The highest BCUT2D eigenvalue weighted by atomic mass is 16.6. The summed E-state index contributed by atoms with van der Waals surface area (Å²) in [6.07, 6.45) is 1.37. The van der Waals surface area contributed by atoms with E-state index < -0.39 is 30.8 Å². The smallest absolute Gasteiger partial charge is 0.416 e. The highest BCUT2D eigenvalue weighted by molar-refractivity contribution is 5.94. The molecule has 1 aromatic rings. The average Bonchev–Trinajstić information content (AvgIpc) is 2.88. The van der Waals surface area contributed by atoms with Crippen molar-refractivity contribution in [2.75, 3.05) is 6.61 Å². The normalized spacial score (nSPS) is 22.1. The zero-order valence-electron chi connectivity index (χ0n) is 15.2. The van der Waals surface area contributed by atoms with Gasteiger partial charge in [0, 0.05) is 10.0 Å². The summed E-state index contributed by atoms with van der Waals surface area (Å²) < 4.78 is 28.0. The molecule has 1 aromatic carbocycles. The summed E-state index contributed by atoms with van der Waals surface area (Å²) in [5.74, 6) is -1.81. The second-order valence-corrected chi connectivity index (χ2v) is 5.32. The van der Waals surface area contributed by atoms with E-state index in [9.17, 15) is 9.59 Å². The molecule has 0 aliphatic carbocycles. The maximum absolute atomic E-state index is 12.8. The fourth-order valence-corrected chi connectivity index (χ4v) is 2.47. The predicted molar refractivity (Wildman–Crippen MR) is 80.8 cm³/mol. The molecule has 1 fully saturated rings. The van der Waals surface area contributed by atoms with Crippen LogP contribution in [0.15, 0.2) is 30.3 Å². The van der Waals surface area contributed by atoms with Gasteiger partial charge in [-0.25, -0.2) is 9.69 Å². The minimum absolute atomic E-state index is 0.0982. The van der Waals surface area contributed by atoms with E-state index in [-0.39, 0.29) is 13.0 Å². The summed E-state index contributed by atoms with van der Waals surface area (Å²) in [6.45, 7) is -0.392. The van der Waals surface area contributed by atoms with Crippen LogP contribution in [-0.4, -0.2) is 29.5 Å². The fraction of sp³-hybridized carbons (Fsp3) is 0.529. The molecule has 0 radical (unpaired) electrons. The third-order valence-electron chi connectivity index (χ3n) is 3.66. The van der Waals surface area contributed by atoms with E-state index in [1.807, 2.05) is 37.3 Å². The Hall–Kier alpha value is -1.84. The monoisotopic (exact) mass is 292 g/mol. The zero-order chi connectivity index (χ0) is 17.7. The van der Waals surface area contributed by atoms with E-state index in [0.717, 1.165) is 16.9 Å². The lowest BCUT2D eigenvalue weighted by atomic mass is 10.0. The molecule has 4 nitrogen and oxygen atoms in total. The van der Waals surface area contributed by atoms with Crippen molar-refractivity contribution >= 4 is 12.0 Å². The number of hydrogen-bond donors (Lipinski definition) is 0. The molecule has 0 unspecified atom stereocenters. The van der Waals surface area contributed by atoms with Crippen LogP contribution in [0.3, 0.4) is 0 Å². The Morgan fingerprint density at radius 2 is 2.24 bits per heavy atom. The van der Waals surface area contributed by atoms with Crippen molar-refractivity contribution in [1.29, 1.82) is 0 Å². The zero-order valence-corrected chi connectivity index (χ0v) is 12.2. The van der Waals surface area contributed by atoms with Crippen molar-refractivity contribution < 1.29 is 18.4 Å². The van der Waals surface area contributed by atoms with E-state index in [2.05, 4.69) is 0 Å². The van der Waals surface area contributed by atoms with Gasteiger partial charge >= 0.3 is 6.09 Å². The van der Waals surface area contributed by atoms with Crippen molar-refractivity contribution in [1.82, 2.24) is 4.90 Å². The molecule has 21 heavy (non-hydrogen) atoms. The Labute approximate surface area is 130 Å². The first-order valence-electron chi connectivity index (χ1n) is 8.88. The Balaban J connectivity index is 2.18. The number of ether oxygens (including phenoxy) is 1. The Morgan fingerprint density at radius 3 is 2.90 bits per heavy atom. The fourth-order valence-electron chi connectivity index (χ4n) is 2.47. The summed E-state index contributed by atoms with van der Waals surface area (Å²) in [7, 11) is 0. The number of cyclic esters (lactones) is 1. The maximum atomic E-state index is 12.8. The van der Waals surface area contributed by atoms with Crippen molar-refractivity contribution in [3.63, 3.8) is 0 Å². The van der Waals surface area contributed by atoms with E-state index in [4.69, 9.17) is 8.85 Å². The molecule has 0 N–H and O–H groups in total. The number of benzene rings is 1. The topological polar surface area (TPSA) is 46.6 Å². The number of unbranched alkanes of at least 4 members (excludes halogenated alkanes) is 1. The number of carbonyl (C=O) groups excluding carboxylic acids is 2. The van der Waals surface area contributed by atoms with E-state index in [1.165, 1.54) is 0 Å². The molecule has 2 rings (SSSR count). The number of amides is 2. The molecule has 0 spiro atoms. The van der Waals surface area contributed by atoms with Crippen LogP contribution >= 0.6 is 0 Å². The number of carbonyl (C=O) groups is 2. The summed E-state index contributed by atoms with van der Waals surface area (Å²) in [4.78, 5) is 25.8. The second-order valence-electron chi connectivity index (χ2n) is 5.32. The molecule has 1 aliphatic rings. The first-order chi connectivity index (χ1) is 11.3. The Morgan fingerprint density at radius 1 is 1.48 bits per heavy atom. The van der Waals surface area contributed by atoms with Crippen molar-refractivity contribution in [2.24, 2.45) is 5.92 Å². The van der Waals surface area contributed by atoms with Crippen LogP contribution < -0.4 is 0 Å². The molecule has 0 saturated carbocycles. The predicted octanol–water partition coefficient (Wildman–Crippen LogP) is 3.40. The minimum atomic E-state index is -2.42. The van der Waals surface area contributed by atoms with Crippen LogP contribution in [0.2, 0.25) is 0 Å². The van der Waals surface area contributed by atoms with Crippen molar-refractivity contribution in [3.8, 4) is 0 Å². The Bertz CT molecular complexity index is 574. The largest absolute Gasteiger partial charge is 0.447 e. The molecule has 114 valence electrons. The molecule has 0 aromatic heterocycles. The van der Waals surface area contributed by atoms with E-state index >= 15 is 0 Å². The van der Waals surface area contributed by atoms with Gasteiger partial charge in [-0.3, -0.25) is 4.79 Å². The van der Waals surface area contributed by atoms with Crippen molar-refractivity contribution in [2.45, 2.75) is 45.5 Å². The van der Waals surface area contributed by atoms with Crippen LogP contribution in [0.25, 0.3) is 0 Å². The van der Waals surface area contributed by atoms with Crippen LogP contribution in [0.4, 0.5) is 4.79 Å². The first-order valence-corrected chi connectivity index (χ1v) is 7.38. The van der Waals surface area contributed by atoms with Crippen LogP contribution in [0.5, 0.6) is 0 Å². The number of hydrogen-bond acceptors (Lipinski definition) is 3. The third kappa shape index (κ3) is 3.84. The van der Waals surface area contributed by atoms with Crippen LogP contribution in [-0.2, 0) is 16.0 Å². The number of imide groups is 1. The summed E-state index contributed by atoms with van der Waals surface area (Å²) >= 11 is 0. The SMILES string of the molecule is [2H]C([2H])([2H])[C@@H](CCCC)C(=O)N1C(=O)OC[C@@H]1Cc1ccccc1. The van der Waals surface area contributed by atoms with Gasteiger partial charge in [0.25, 0.3) is 0 Å². The van der Waals surface area contributed by atoms with Gasteiger partial charge in [0.2, 0.25) is 5.91 Å². The molecule has 1 saturated heterocycles. The minimum Gasteiger partial charge on any atom is -0.447 e. The summed E-state index contributed by atoms with van der Waals surface area (Å²) in [6, 6.07) is 9.00. The average molecular weight is 292 g/mol. The second kappa shape index (κ2) is 7.25. The van der Waals surface area contributed by atoms with E-state index in [1.54, 1.807) is 0 Å². The molecule has 2 amide bonds. The summed E-state index contributed by atoms with van der Waals surface area (Å²) in [5, 5.41) is 0. The highest BCUT2D eigenvalue weighted by Crippen LogP contribution is 2.21. The lowest BCUT2D eigenvalue weighted by Crippen LogP contribution is -2.43. The van der Waals surface area contributed by atoms with Gasteiger partial charge in [0.15, 0.2) is 0 Å². The maximum Gasteiger partial charge on any atom is 0.416 e. The van der Waals surface area contributed by atoms with Gasteiger partial charge in [0.05, 0.1) is 6.04 Å². The van der Waals surface area contributed by atoms with Crippen LogP contribution in [0.1, 0.15) is 42.7 Å².